The molecule has 0 aliphatic rings. The Morgan fingerprint density at radius 2 is 2.14 bits per heavy atom. The molecule has 0 fully saturated rings. The lowest BCUT2D eigenvalue weighted by Crippen LogP contribution is -2.11. The Kier molecular flexibility index (Phi) is 5.02. The average molecular weight is 328 g/mol. The Hall–Kier alpha value is -1.38. The number of hydrogen-bond donors (Lipinski definition) is 2. The van der Waals surface area contributed by atoms with Crippen LogP contribution in [0.25, 0.3) is 0 Å². The van der Waals surface area contributed by atoms with Gasteiger partial charge in [0.05, 0.1) is 11.9 Å². The quantitative estimate of drug-likeness (QED) is 0.816. The SMILES string of the molecule is CNCCc1ccc(S(=O)(=O)Nc2cnn(C(C)C)c2)s1. The summed E-state index contributed by atoms with van der Waals surface area (Å²) in [6.07, 6.45) is 4.03. The molecule has 2 aromatic rings. The van der Waals surface area contributed by atoms with Gasteiger partial charge in [0.15, 0.2) is 0 Å². The summed E-state index contributed by atoms with van der Waals surface area (Å²) in [6.45, 7) is 4.80. The van der Waals surface area contributed by atoms with Crippen LogP contribution in [-0.2, 0) is 16.4 Å². The summed E-state index contributed by atoms with van der Waals surface area (Å²) in [5, 5.41) is 7.17. The number of anilines is 1. The molecule has 0 aliphatic carbocycles. The van der Waals surface area contributed by atoms with Crippen molar-refractivity contribution in [2.75, 3.05) is 18.3 Å². The highest BCUT2D eigenvalue weighted by Crippen LogP contribution is 2.24. The van der Waals surface area contributed by atoms with E-state index in [1.54, 1.807) is 16.9 Å². The zero-order valence-electron chi connectivity index (χ0n) is 12.3. The smallest absolute Gasteiger partial charge is 0.271 e. The monoisotopic (exact) mass is 328 g/mol. The van der Waals surface area contributed by atoms with E-state index < -0.39 is 10.0 Å². The molecule has 6 nitrogen and oxygen atoms in total. The minimum Gasteiger partial charge on any atom is -0.319 e. The van der Waals surface area contributed by atoms with Gasteiger partial charge < -0.3 is 5.32 Å². The van der Waals surface area contributed by atoms with E-state index in [2.05, 4.69) is 15.1 Å². The summed E-state index contributed by atoms with van der Waals surface area (Å²) < 4.78 is 29.2. The molecule has 2 aromatic heterocycles. The summed E-state index contributed by atoms with van der Waals surface area (Å²) in [4.78, 5) is 1.04. The van der Waals surface area contributed by atoms with E-state index in [1.165, 1.54) is 17.5 Å². The maximum absolute atomic E-state index is 12.3. The second kappa shape index (κ2) is 6.59. The van der Waals surface area contributed by atoms with Crippen molar-refractivity contribution >= 4 is 27.0 Å². The lowest BCUT2D eigenvalue weighted by Gasteiger charge is -2.04. The van der Waals surface area contributed by atoms with Crippen LogP contribution < -0.4 is 10.0 Å². The number of nitrogens with one attached hydrogen (secondary N) is 2. The van der Waals surface area contributed by atoms with Crippen molar-refractivity contribution in [3.05, 3.63) is 29.4 Å². The first-order valence-corrected chi connectivity index (χ1v) is 9.02. The highest BCUT2D eigenvalue weighted by molar-refractivity contribution is 7.94. The van der Waals surface area contributed by atoms with Crippen molar-refractivity contribution in [3.63, 3.8) is 0 Å². The van der Waals surface area contributed by atoms with Gasteiger partial charge in [-0.15, -0.1) is 11.3 Å². The van der Waals surface area contributed by atoms with E-state index in [0.717, 1.165) is 17.8 Å². The molecule has 0 aromatic carbocycles. The minimum atomic E-state index is -3.54. The number of hydrogen-bond acceptors (Lipinski definition) is 5. The molecule has 2 rings (SSSR count). The van der Waals surface area contributed by atoms with Crippen LogP contribution in [0, 0.1) is 0 Å². The number of rotatable bonds is 7. The van der Waals surface area contributed by atoms with Gasteiger partial charge in [-0.25, -0.2) is 8.42 Å². The van der Waals surface area contributed by atoms with E-state index in [1.807, 2.05) is 27.0 Å². The number of aromatic nitrogens is 2. The Morgan fingerprint density at radius 1 is 1.38 bits per heavy atom. The fourth-order valence-corrected chi connectivity index (χ4v) is 4.15. The second-order valence-corrected chi connectivity index (χ2v) is 8.06. The lowest BCUT2D eigenvalue weighted by molar-refractivity contribution is 0.532. The van der Waals surface area contributed by atoms with Gasteiger partial charge in [-0.05, 0) is 46.0 Å². The first-order valence-electron chi connectivity index (χ1n) is 6.72. The summed E-state index contributed by atoms with van der Waals surface area (Å²) >= 11 is 1.29. The highest BCUT2D eigenvalue weighted by Gasteiger charge is 2.18. The molecule has 0 saturated heterocycles. The Morgan fingerprint density at radius 3 is 2.76 bits per heavy atom. The molecule has 0 saturated carbocycles. The maximum atomic E-state index is 12.3. The van der Waals surface area contributed by atoms with Gasteiger partial charge in [0.2, 0.25) is 0 Å². The maximum Gasteiger partial charge on any atom is 0.271 e. The standard InChI is InChI=1S/C13H20N4O2S2/c1-10(2)17-9-11(8-15-17)16-21(18,19)13-5-4-12(20-13)6-7-14-3/h4-5,8-10,14,16H,6-7H2,1-3H3. The second-order valence-electron chi connectivity index (χ2n) is 4.98. The highest BCUT2D eigenvalue weighted by atomic mass is 32.2. The molecule has 0 amide bonds. The predicted octanol–water partition coefficient (Wildman–Crippen LogP) is 2.09. The van der Waals surface area contributed by atoms with Crippen LogP contribution in [0.3, 0.4) is 0 Å². The van der Waals surface area contributed by atoms with Gasteiger partial charge >= 0.3 is 0 Å². The molecule has 0 spiro atoms. The van der Waals surface area contributed by atoms with Gasteiger partial charge in [-0.2, -0.15) is 5.10 Å². The molecule has 116 valence electrons. The molecule has 2 N–H and O–H groups in total. The van der Waals surface area contributed by atoms with Crippen LogP contribution in [0.1, 0.15) is 24.8 Å². The first kappa shape index (κ1) is 16.0. The Bertz CT molecular complexity index is 689. The normalized spacial score (nSPS) is 12.0. The average Bonchev–Trinajstić information content (AvgIpc) is 3.04. The Balaban J connectivity index is 2.11. The summed E-state index contributed by atoms with van der Waals surface area (Å²) in [5.41, 5.74) is 0.480. The van der Waals surface area contributed by atoms with E-state index >= 15 is 0 Å². The van der Waals surface area contributed by atoms with E-state index in [-0.39, 0.29) is 6.04 Å². The molecular formula is C13H20N4O2S2. The predicted molar refractivity (Wildman–Crippen MR) is 85.4 cm³/mol. The van der Waals surface area contributed by atoms with Crippen LogP contribution in [-0.4, -0.2) is 31.8 Å². The number of nitrogens with zero attached hydrogens (tertiary/aromatic N) is 2. The zero-order valence-corrected chi connectivity index (χ0v) is 14.0. The zero-order chi connectivity index (χ0) is 15.5. The third-order valence-electron chi connectivity index (χ3n) is 2.91. The van der Waals surface area contributed by atoms with Crippen molar-refractivity contribution in [2.24, 2.45) is 0 Å². The van der Waals surface area contributed by atoms with Crippen molar-refractivity contribution in [1.82, 2.24) is 15.1 Å². The van der Waals surface area contributed by atoms with Crippen molar-refractivity contribution in [2.45, 2.75) is 30.5 Å². The number of likely N-dealkylation sites (N-methyl/N-ethyl adjacent to an activating group) is 1. The first-order chi connectivity index (χ1) is 9.92. The number of sulfonamides is 1. The van der Waals surface area contributed by atoms with Crippen molar-refractivity contribution in [1.29, 1.82) is 0 Å². The third-order valence-corrected chi connectivity index (χ3v) is 5.92. The van der Waals surface area contributed by atoms with Gasteiger partial charge in [-0.1, -0.05) is 0 Å². The summed E-state index contributed by atoms with van der Waals surface area (Å²) in [7, 11) is -1.66. The lowest BCUT2D eigenvalue weighted by atomic mass is 10.3. The van der Waals surface area contributed by atoms with Gasteiger partial charge in [0.1, 0.15) is 4.21 Å². The summed E-state index contributed by atoms with van der Waals surface area (Å²) in [6, 6.07) is 3.69. The number of thiophene rings is 1. The molecule has 0 bridgehead atoms. The molecule has 0 atom stereocenters. The van der Waals surface area contributed by atoms with Crippen LogP contribution in [0.4, 0.5) is 5.69 Å². The molecule has 8 heteroatoms. The fourth-order valence-electron chi connectivity index (χ4n) is 1.76. The minimum absolute atomic E-state index is 0.193. The van der Waals surface area contributed by atoms with Gasteiger partial charge in [0.25, 0.3) is 10.0 Å². The van der Waals surface area contributed by atoms with Crippen LogP contribution in [0.5, 0.6) is 0 Å². The Labute approximate surface area is 129 Å². The molecule has 0 unspecified atom stereocenters. The fraction of sp³-hybridized carbons (Fsp3) is 0.462. The molecule has 21 heavy (non-hydrogen) atoms. The largest absolute Gasteiger partial charge is 0.319 e. The van der Waals surface area contributed by atoms with Crippen LogP contribution >= 0.6 is 11.3 Å². The van der Waals surface area contributed by atoms with Crippen molar-refractivity contribution in [3.8, 4) is 0 Å². The van der Waals surface area contributed by atoms with E-state index in [4.69, 9.17) is 0 Å². The van der Waals surface area contributed by atoms with Crippen LogP contribution in [0.15, 0.2) is 28.7 Å². The molecule has 2 heterocycles. The van der Waals surface area contributed by atoms with Crippen molar-refractivity contribution < 1.29 is 8.42 Å². The molecule has 0 radical (unpaired) electrons. The van der Waals surface area contributed by atoms with Gasteiger partial charge in [-0.3, -0.25) is 9.40 Å². The molecular weight excluding hydrogens is 308 g/mol. The topological polar surface area (TPSA) is 76.0 Å². The summed E-state index contributed by atoms with van der Waals surface area (Å²) in [5.74, 6) is 0. The van der Waals surface area contributed by atoms with Gasteiger partial charge in [0, 0.05) is 17.1 Å². The molecule has 0 aliphatic heterocycles. The van der Waals surface area contributed by atoms with E-state index in [9.17, 15) is 8.42 Å². The van der Waals surface area contributed by atoms with Crippen LogP contribution in [0.2, 0.25) is 0 Å². The third kappa shape index (κ3) is 4.05. The van der Waals surface area contributed by atoms with E-state index in [0.29, 0.717) is 9.90 Å².